The summed E-state index contributed by atoms with van der Waals surface area (Å²) in [5.74, 6) is -0.758. The molecule has 1 saturated heterocycles. The summed E-state index contributed by atoms with van der Waals surface area (Å²) in [4.78, 5) is 29.6. The van der Waals surface area contributed by atoms with Gasteiger partial charge in [-0.2, -0.15) is 5.26 Å². The third-order valence-corrected chi connectivity index (χ3v) is 5.90. The van der Waals surface area contributed by atoms with Gasteiger partial charge in [0.25, 0.3) is 5.91 Å². The molecule has 0 aliphatic carbocycles. The standard InChI is InChI=1S/C24H26ClFN4O3/c1-16-12-29(17(2)11-28(16)13-19-4-7-21(26)8-5-19)24(32)14-33-23-10-20(25)6-9-22(23)30(15-27)18(3)31/h4-10,16-17H,11-14H2,1-3H3/t16-,17+/m0/s1. The smallest absolute Gasteiger partial charge is 0.260 e. The van der Waals surface area contributed by atoms with Crippen molar-refractivity contribution in [3.63, 3.8) is 0 Å². The highest BCUT2D eigenvalue weighted by molar-refractivity contribution is 6.30. The molecule has 2 amide bonds. The van der Waals surface area contributed by atoms with Gasteiger partial charge in [-0.05, 0) is 43.7 Å². The molecule has 0 N–H and O–H groups in total. The molecule has 2 aromatic carbocycles. The van der Waals surface area contributed by atoms with Crippen molar-refractivity contribution >= 4 is 29.1 Å². The Balaban J connectivity index is 1.65. The molecule has 2 atom stereocenters. The summed E-state index contributed by atoms with van der Waals surface area (Å²) >= 11 is 6.05. The molecule has 0 saturated carbocycles. The van der Waals surface area contributed by atoms with Gasteiger partial charge < -0.3 is 9.64 Å². The first-order valence-corrected chi connectivity index (χ1v) is 11.0. The minimum absolute atomic E-state index is 0.0515. The highest BCUT2D eigenvalue weighted by Gasteiger charge is 2.32. The number of hydrogen-bond donors (Lipinski definition) is 0. The molecular formula is C24H26ClFN4O3. The molecule has 1 aliphatic rings. The fourth-order valence-corrected chi connectivity index (χ4v) is 4.06. The number of benzene rings is 2. The number of halogens is 2. The van der Waals surface area contributed by atoms with Crippen molar-refractivity contribution in [1.82, 2.24) is 9.80 Å². The first-order chi connectivity index (χ1) is 15.7. The second-order valence-electron chi connectivity index (χ2n) is 8.16. The number of nitriles is 1. The Bertz CT molecular complexity index is 1060. The third-order valence-electron chi connectivity index (χ3n) is 5.66. The fourth-order valence-electron chi connectivity index (χ4n) is 3.89. The molecule has 1 aliphatic heterocycles. The van der Waals surface area contributed by atoms with E-state index in [2.05, 4.69) is 4.90 Å². The molecule has 7 nitrogen and oxygen atoms in total. The van der Waals surface area contributed by atoms with Crippen molar-refractivity contribution in [2.45, 2.75) is 39.4 Å². The van der Waals surface area contributed by atoms with E-state index in [4.69, 9.17) is 16.3 Å². The normalized spacial score (nSPS) is 18.5. The van der Waals surface area contributed by atoms with Crippen LogP contribution in [0.5, 0.6) is 5.75 Å². The number of piperazine rings is 1. The van der Waals surface area contributed by atoms with E-state index >= 15 is 0 Å². The zero-order valence-corrected chi connectivity index (χ0v) is 19.6. The summed E-state index contributed by atoms with van der Waals surface area (Å²) in [6, 6.07) is 11.0. The predicted molar refractivity (Wildman–Crippen MR) is 123 cm³/mol. The largest absolute Gasteiger partial charge is 0.481 e. The van der Waals surface area contributed by atoms with E-state index in [1.54, 1.807) is 23.1 Å². The molecule has 0 radical (unpaired) electrons. The van der Waals surface area contributed by atoms with Crippen molar-refractivity contribution in [3.05, 3.63) is 58.9 Å². The van der Waals surface area contributed by atoms with Gasteiger partial charge in [-0.15, -0.1) is 0 Å². The second kappa shape index (κ2) is 10.6. The summed E-state index contributed by atoms with van der Waals surface area (Å²) in [6.07, 6.45) is 1.81. The maximum absolute atomic E-state index is 13.2. The van der Waals surface area contributed by atoms with Crippen LogP contribution >= 0.6 is 11.6 Å². The van der Waals surface area contributed by atoms with Gasteiger partial charge in [0.1, 0.15) is 17.3 Å². The van der Waals surface area contributed by atoms with E-state index in [0.29, 0.717) is 24.7 Å². The number of carbonyl (C=O) groups excluding carboxylic acids is 2. The molecular weight excluding hydrogens is 447 g/mol. The first kappa shape index (κ1) is 24.5. The summed E-state index contributed by atoms with van der Waals surface area (Å²) < 4.78 is 18.9. The van der Waals surface area contributed by atoms with Crippen molar-refractivity contribution < 1.29 is 18.7 Å². The lowest BCUT2D eigenvalue weighted by Gasteiger charge is -2.44. The lowest BCUT2D eigenvalue weighted by Crippen LogP contribution is -2.58. The van der Waals surface area contributed by atoms with Gasteiger partial charge in [0.05, 0.1) is 0 Å². The number of rotatable bonds is 6. The van der Waals surface area contributed by atoms with Crippen LogP contribution in [0.1, 0.15) is 26.3 Å². The molecule has 0 unspecified atom stereocenters. The van der Waals surface area contributed by atoms with Gasteiger partial charge in [0, 0.05) is 49.7 Å². The summed E-state index contributed by atoms with van der Waals surface area (Å²) in [7, 11) is 0. The zero-order chi connectivity index (χ0) is 24.1. The quantitative estimate of drug-likeness (QED) is 0.472. The number of ether oxygens (including phenoxy) is 1. The summed E-state index contributed by atoms with van der Waals surface area (Å²) in [6.45, 7) is 6.89. The summed E-state index contributed by atoms with van der Waals surface area (Å²) in [5, 5.41) is 9.66. The number of hydrogen-bond acceptors (Lipinski definition) is 5. The van der Waals surface area contributed by atoms with Crippen molar-refractivity contribution in [2.24, 2.45) is 0 Å². The molecule has 0 spiro atoms. The first-order valence-electron chi connectivity index (χ1n) is 10.6. The lowest BCUT2D eigenvalue weighted by molar-refractivity contribution is -0.139. The average molecular weight is 473 g/mol. The highest BCUT2D eigenvalue weighted by atomic mass is 35.5. The van der Waals surface area contributed by atoms with Gasteiger partial charge >= 0.3 is 0 Å². The van der Waals surface area contributed by atoms with Crippen LogP contribution in [0.4, 0.5) is 10.1 Å². The maximum Gasteiger partial charge on any atom is 0.260 e. The highest BCUT2D eigenvalue weighted by Crippen LogP contribution is 2.31. The third kappa shape index (κ3) is 6.01. The van der Waals surface area contributed by atoms with Crippen LogP contribution in [0.2, 0.25) is 5.02 Å². The number of anilines is 1. The monoisotopic (exact) mass is 472 g/mol. The van der Waals surface area contributed by atoms with E-state index < -0.39 is 5.91 Å². The van der Waals surface area contributed by atoms with Gasteiger partial charge in [0.2, 0.25) is 5.91 Å². The molecule has 33 heavy (non-hydrogen) atoms. The SMILES string of the molecule is CC(=O)N(C#N)c1ccc(Cl)cc1OCC(=O)N1C[C@H](C)N(Cc2ccc(F)cc2)C[C@H]1C. The van der Waals surface area contributed by atoms with Crippen molar-refractivity contribution in [3.8, 4) is 11.9 Å². The van der Waals surface area contributed by atoms with Crippen LogP contribution in [0.15, 0.2) is 42.5 Å². The van der Waals surface area contributed by atoms with Crippen LogP contribution < -0.4 is 9.64 Å². The van der Waals surface area contributed by atoms with Gasteiger partial charge in [-0.25, -0.2) is 9.29 Å². The number of carbonyl (C=O) groups is 2. The van der Waals surface area contributed by atoms with Crippen molar-refractivity contribution in [1.29, 1.82) is 5.26 Å². The zero-order valence-electron chi connectivity index (χ0n) is 18.8. The fraction of sp³-hybridized carbons (Fsp3) is 0.375. The van der Waals surface area contributed by atoms with Crippen LogP contribution in [-0.2, 0) is 16.1 Å². The molecule has 1 fully saturated rings. The van der Waals surface area contributed by atoms with E-state index in [-0.39, 0.29) is 41.9 Å². The molecule has 1 heterocycles. The molecule has 174 valence electrons. The molecule has 0 aromatic heterocycles. The van der Waals surface area contributed by atoms with E-state index in [1.807, 2.05) is 20.0 Å². The predicted octanol–water partition coefficient (Wildman–Crippen LogP) is 3.81. The number of amides is 2. The Morgan fingerprint density at radius 1 is 1.18 bits per heavy atom. The summed E-state index contributed by atoms with van der Waals surface area (Å²) in [5.41, 5.74) is 1.24. The van der Waals surface area contributed by atoms with Crippen LogP contribution in [0, 0.1) is 17.3 Å². The second-order valence-corrected chi connectivity index (χ2v) is 8.59. The Morgan fingerprint density at radius 3 is 2.52 bits per heavy atom. The topological polar surface area (TPSA) is 76.9 Å². The van der Waals surface area contributed by atoms with E-state index in [0.717, 1.165) is 10.5 Å². The average Bonchev–Trinajstić information content (AvgIpc) is 2.77. The lowest BCUT2D eigenvalue weighted by atomic mass is 10.1. The van der Waals surface area contributed by atoms with Gasteiger partial charge in [-0.1, -0.05) is 23.7 Å². The molecule has 2 aromatic rings. The Morgan fingerprint density at radius 2 is 1.88 bits per heavy atom. The van der Waals surface area contributed by atoms with Gasteiger partial charge in [-0.3, -0.25) is 14.5 Å². The van der Waals surface area contributed by atoms with Crippen LogP contribution in [0.3, 0.4) is 0 Å². The molecule has 3 rings (SSSR count). The maximum atomic E-state index is 13.2. The number of nitrogens with zero attached hydrogens (tertiary/aromatic N) is 4. The van der Waals surface area contributed by atoms with Crippen molar-refractivity contribution in [2.75, 3.05) is 24.6 Å². The van der Waals surface area contributed by atoms with E-state index in [1.165, 1.54) is 31.2 Å². The Hall–Kier alpha value is -3.15. The Kier molecular flexibility index (Phi) is 7.90. The van der Waals surface area contributed by atoms with E-state index in [9.17, 15) is 19.2 Å². The minimum Gasteiger partial charge on any atom is -0.481 e. The molecule has 9 heteroatoms. The van der Waals surface area contributed by atoms with Crippen LogP contribution in [-0.4, -0.2) is 53.4 Å². The van der Waals surface area contributed by atoms with Crippen LogP contribution in [0.25, 0.3) is 0 Å². The minimum atomic E-state index is -0.476. The molecule has 0 bridgehead atoms. The Labute approximate surface area is 197 Å². The van der Waals surface area contributed by atoms with Gasteiger partial charge in [0.15, 0.2) is 12.8 Å².